The predicted octanol–water partition coefficient (Wildman–Crippen LogP) is -0.170. The van der Waals surface area contributed by atoms with Gasteiger partial charge in [0.1, 0.15) is 0 Å². The molecule has 0 aromatic heterocycles. The van der Waals surface area contributed by atoms with Crippen LogP contribution >= 0.6 is 0 Å². The molecule has 3 heteroatoms. The van der Waals surface area contributed by atoms with Crippen molar-refractivity contribution in [3.05, 3.63) is 0 Å². The zero-order chi connectivity index (χ0) is 8.97. The van der Waals surface area contributed by atoms with Crippen molar-refractivity contribution in [2.75, 3.05) is 20.1 Å². The fraction of sp³-hybridized carbons (Fsp3) is 0.667. The van der Waals surface area contributed by atoms with Gasteiger partial charge in [0, 0.05) is 26.6 Å². The summed E-state index contributed by atoms with van der Waals surface area (Å²) in [6.45, 7) is 1.59. The van der Waals surface area contributed by atoms with E-state index >= 15 is 0 Å². The number of likely N-dealkylation sites (N-methyl/N-ethyl adjacent to an activating group) is 1. The number of rotatable bonds is 3. The van der Waals surface area contributed by atoms with Gasteiger partial charge in [-0.2, -0.15) is 0 Å². The summed E-state index contributed by atoms with van der Waals surface area (Å²) in [5, 5.41) is 3.13. The second-order valence-electron chi connectivity index (χ2n) is 3.01. The molecule has 1 N–H and O–H groups in total. The van der Waals surface area contributed by atoms with Gasteiger partial charge in [-0.05, 0) is 6.42 Å². The first-order chi connectivity index (χ1) is 5.75. The second-order valence-corrected chi connectivity index (χ2v) is 3.01. The summed E-state index contributed by atoms with van der Waals surface area (Å²) in [7, 11) is 1.82. The minimum absolute atomic E-state index is 0.00310. The Bertz CT molecular complexity index is 207. The Morgan fingerprint density at radius 2 is 2.58 bits per heavy atom. The van der Waals surface area contributed by atoms with Crippen molar-refractivity contribution in [3.8, 4) is 12.3 Å². The fourth-order valence-electron chi connectivity index (χ4n) is 1.33. The van der Waals surface area contributed by atoms with Crippen molar-refractivity contribution in [1.82, 2.24) is 10.2 Å². The zero-order valence-corrected chi connectivity index (χ0v) is 7.34. The van der Waals surface area contributed by atoms with Gasteiger partial charge in [-0.1, -0.05) is 0 Å². The first kappa shape index (κ1) is 9.08. The minimum Gasteiger partial charge on any atom is -0.344 e. The van der Waals surface area contributed by atoms with E-state index in [1.807, 2.05) is 7.05 Å². The zero-order valence-electron chi connectivity index (χ0n) is 7.34. The summed E-state index contributed by atoms with van der Waals surface area (Å²) < 4.78 is 0. The topological polar surface area (TPSA) is 32.3 Å². The van der Waals surface area contributed by atoms with Gasteiger partial charge >= 0.3 is 0 Å². The van der Waals surface area contributed by atoms with Crippen molar-refractivity contribution in [1.29, 1.82) is 0 Å². The number of nitrogens with one attached hydrogen (secondary N) is 1. The van der Waals surface area contributed by atoms with Gasteiger partial charge in [0.25, 0.3) is 0 Å². The van der Waals surface area contributed by atoms with Crippen LogP contribution in [0.15, 0.2) is 0 Å². The molecule has 0 aromatic carbocycles. The molecule has 1 atom stereocenters. The fourth-order valence-corrected chi connectivity index (χ4v) is 1.33. The summed E-state index contributed by atoms with van der Waals surface area (Å²) in [5.74, 6) is 2.72. The third kappa shape index (κ3) is 1.99. The van der Waals surface area contributed by atoms with E-state index in [-0.39, 0.29) is 11.9 Å². The number of amides is 1. The lowest BCUT2D eigenvalue weighted by Crippen LogP contribution is -2.37. The highest BCUT2D eigenvalue weighted by atomic mass is 16.2. The number of terminal acetylenes is 1. The molecule has 0 radical (unpaired) electrons. The average Bonchev–Trinajstić information content (AvgIpc) is 2.36. The van der Waals surface area contributed by atoms with E-state index < -0.39 is 0 Å². The number of carbonyl (C=O) groups excluding carboxylic acids is 1. The lowest BCUT2D eigenvalue weighted by atomic mass is 10.2. The van der Waals surface area contributed by atoms with Gasteiger partial charge in [-0.15, -0.1) is 12.3 Å². The Morgan fingerprint density at radius 1 is 1.83 bits per heavy atom. The SMILES string of the molecule is C#CCCNC1CCN(C)C1=O. The molecule has 1 fully saturated rings. The maximum Gasteiger partial charge on any atom is 0.239 e. The molecular formula is C9H14N2O. The van der Waals surface area contributed by atoms with Gasteiger partial charge in [-0.25, -0.2) is 0 Å². The van der Waals surface area contributed by atoms with Crippen LogP contribution in [0.2, 0.25) is 0 Å². The molecule has 1 aliphatic heterocycles. The summed E-state index contributed by atoms with van der Waals surface area (Å²) in [6, 6.07) is 0.00310. The lowest BCUT2D eigenvalue weighted by Gasteiger charge is -2.10. The van der Waals surface area contributed by atoms with Crippen molar-refractivity contribution in [2.24, 2.45) is 0 Å². The quantitative estimate of drug-likeness (QED) is 0.466. The Labute approximate surface area is 73.1 Å². The van der Waals surface area contributed by atoms with E-state index in [4.69, 9.17) is 6.42 Å². The number of likely N-dealkylation sites (tertiary alicyclic amines) is 1. The van der Waals surface area contributed by atoms with E-state index in [2.05, 4.69) is 11.2 Å². The van der Waals surface area contributed by atoms with E-state index in [1.54, 1.807) is 4.90 Å². The smallest absolute Gasteiger partial charge is 0.239 e. The van der Waals surface area contributed by atoms with E-state index in [0.717, 1.165) is 19.5 Å². The molecule has 1 rings (SSSR count). The lowest BCUT2D eigenvalue weighted by molar-refractivity contribution is -0.128. The first-order valence-corrected chi connectivity index (χ1v) is 4.17. The minimum atomic E-state index is 0.00310. The summed E-state index contributed by atoms with van der Waals surface area (Å²) in [6.07, 6.45) is 6.68. The highest BCUT2D eigenvalue weighted by Crippen LogP contribution is 2.07. The molecule has 0 spiro atoms. The molecule has 1 aliphatic rings. The summed E-state index contributed by atoms with van der Waals surface area (Å²) in [5.41, 5.74) is 0. The molecule has 0 aromatic rings. The van der Waals surface area contributed by atoms with E-state index in [0.29, 0.717) is 6.42 Å². The van der Waals surface area contributed by atoms with Gasteiger partial charge in [0.2, 0.25) is 5.91 Å². The molecule has 3 nitrogen and oxygen atoms in total. The van der Waals surface area contributed by atoms with Crippen LogP contribution in [0.1, 0.15) is 12.8 Å². The summed E-state index contributed by atoms with van der Waals surface area (Å²) in [4.78, 5) is 13.1. The van der Waals surface area contributed by atoms with Crippen LogP contribution in [-0.2, 0) is 4.79 Å². The van der Waals surface area contributed by atoms with Crippen LogP contribution in [0.5, 0.6) is 0 Å². The Morgan fingerprint density at radius 3 is 3.08 bits per heavy atom. The van der Waals surface area contributed by atoms with Crippen LogP contribution in [0.3, 0.4) is 0 Å². The van der Waals surface area contributed by atoms with Crippen LogP contribution < -0.4 is 5.32 Å². The Balaban J connectivity index is 2.26. The maximum atomic E-state index is 11.3. The monoisotopic (exact) mass is 166 g/mol. The van der Waals surface area contributed by atoms with Crippen LogP contribution in [-0.4, -0.2) is 37.0 Å². The van der Waals surface area contributed by atoms with E-state index in [1.165, 1.54) is 0 Å². The molecule has 0 bridgehead atoms. The molecule has 1 amide bonds. The first-order valence-electron chi connectivity index (χ1n) is 4.17. The van der Waals surface area contributed by atoms with E-state index in [9.17, 15) is 4.79 Å². The van der Waals surface area contributed by atoms with Crippen LogP contribution in [0, 0.1) is 12.3 Å². The van der Waals surface area contributed by atoms with Gasteiger partial charge in [-0.3, -0.25) is 4.79 Å². The Kier molecular flexibility index (Phi) is 3.12. The molecule has 1 saturated heterocycles. The average molecular weight is 166 g/mol. The number of hydrogen-bond donors (Lipinski definition) is 1. The predicted molar refractivity (Wildman–Crippen MR) is 47.5 cm³/mol. The summed E-state index contributed by atoms with van der Waals surface area (Å²) >= 11 is 0. The van der Waals surface area contributed by atoms with Gasteiger partial charge in [0.15, 0.2) is 0 Å². The molecule has 12 heavy (non-hydrogen) atoms. The molecule has 1 heterocycles. The van der Waals surface area contributed by atoms with Crippen molar-refractivity contribution in [3.63, 3.8) is 0 Å². The number of carbonyl (C=O) groups is 1. The highest BCUT2D eigenvalue weighted by molar-refractivity contribution is 5.83. The second kappa shape index (κ2) is 4.13. The third-order valence-corrected chi connectivity index (χ3v) is 2.09. The maximum absolute atomic E-state index is 11.3. The normalized spacial score (nSPS) is 22.8. The van der Waals surface area contributed by atoms with Crippen molar-refractivity contribution >= 4 is 5.91 Å². The number of hydrogen-bond acceptors (Lipinski definition) is 2. The molecular weight excluding hydrogens is 152 g/mol. The molecule has 0 saturated carbocycles. The highest BCUT2D eigenvalue weighted by Gasteiger charge is 2.27. The number of nitrogens with zero attached hydrogens (tertiary/aromatic N) is 1. The molecule has 66 valence electrons. The largest absolute Gasteiger partial charge is 0.344 e. The molecule has 1 unspecified atom stereocenters. The van der Waals surface area contributed by atoms with Crippen LogP contribution in [0.25, 0.3) is 0 Å². The Hall–Kier alpha value is -1.01. The third-order valence-electron chi connectivity index (χ3n) is 2.09. The van der Waals surface area contributed by atoms with Crippen LogP contribution in [0.4, 0.5) is 0 Å². The van der Waals surface area contributed by atoms with Gasteiger partial charge in [0.05, 0.1) is 6.04 Å². The van der Waals surface area contributed by atoms with Crippen molar-refractivity contribution < 1.29 is 4.79 Å². The standard InChI is InChI=1S/C9H14N2O/c1-3-4-6-10-8-5-7-11(2)9(8)12/h1,8,10H,4-7H2,2H3. The molecule has 0 aliphatic carbocycles. The van der Waals surface area contributed by atoms with Crippen molar-refractivity contribution in [2.45, 2.75) is 18.9 Å². The van der Waals surface area contributed by atoms with Gasteiger partial charge < -0.3 is 10.2 Å².